The van der Waals surface area contributed by atoms with Crippen molar-refractivity contribution in [1.29, 1.82) is 0 Å². The van der Waals surface area contributed by atoms with Gasteiger partial charge in [-0.2, -0.15) is 0 Å². The minimum Gasteiger partial charge on any atom is -0.494 e. The SMILES string of the molecule is CCOC(=O)C(Cc1ccccc1)NC(=O)CCCCOc1cccc(C)c1. The first-order valence-corrected chi connectivity index (χ1v) is 9.78. The number of unbranched alkanes of at least 4 members (excludes halogenated alkanes) is 1. The zero-order chi connectivity index (χ0) is 20.2. The van der Waals surface area contributed by atoms with E-state index in [1.54, 1.807) is 6.92 Å². The summed E-state index contributed by atoms with van der Waals surface area (Å²) < 4.78 is 10.8. The first kappa shape index (κ1) is 21.5. The zero-order valence-corrected chi connectivity index (χ0v) is 16.6. The lowest BCUT2D eigenvalue weighted by molar-refractivity contribution is -0.147. The van der Waals surface area contributed by atoms with Crippen LogP contribution in [0.15, 0.2) is 54.6 Å². The first-order valence-electron chi connectivity index (χ1n) is 9.78. The maximum atomic E-state index is 12.3. The Morgan fingerprint density at radius 1 is 1.04 bits per heavy atom. The molecule has 0 bridgehead atoms. The molecule has 1 atom stereocenters. The average Bonchev–Trinajstić information content (AvgIpc) is 2.68. The standard InChI is InChI=1S/C23H29NO4/c1-3-27-23(26)21(17-19-11-5-4-6-12-19)24-22(25)14-7-8-15-28-20-13-9-10-18(2)16-20/h4-6,9-13,16,21H,3,7-8,14-15,17H2,1-2H3,(H,24,25). The molecule has 2 aromatic rings. The summed E-state index contributed by atoms with van der Waals surface area (Å²) in [5.41, 5.74) is 2.13. The summed E-state index contributed by atoms with van der Waals surface area (Å²) in [6, 6.07) is 16.8. The third kappa shape index (κ3) is 7.82. The maximum Gasteiger partial charge on any atom is 0.328 e. The molecule has 5 heteroatoms. The van der Waals surface area contributed by atoms with Crippen LogP contribution in [-0.4, -0.2) is 31.1 Å². The molecule has 0 aliphatic rings. The second kappa shape index (κ2) is 11.8. The second-order valence-electron chi connectivity index (χ2n) is 6.68. The third-order valence-electron chi connectivity index (χ3n) is 4.25. The molecule has 0 fully saturated rings. The van der Waals surface area contributed by atoms with Gasteiger partial charge in [0.25, 0.3) is 0 Å². The van der Waals surface area contributed by atoms with Gasteiger partial charge < -0.3 is 14.8 Å². The monoisotopic (exact) mass is 383 g/mol. The van der Waals surface area contributed by atoms with E-state index in [-0.39, 0.29) is 12.5 Å². The van der Waals surface area contributed by atoms with Crippen LogP contribution in [-0.2, 0) is 20.7 Å². The van der Waals surface area contributed by atoms with Gasteiger partial charge >= 0.3 is 5.97 Å². The fraction of sp³-hybridized carbons (Fsp3) is 0.391. The van der Waals surface area contributed by atoms with Crippen molar-refractivity contribution in [3.05, 3.63) is 65.7 Å². The number of ether oxygens (including phenoxy) is 2. The van der Waals surface area contributed by atoms with Crippen molar-refractivity contribution in [3.8, 4) is 5.75 Å². The van der Waals surface area contributed by atoms with E-state index in [1.807, 2.05) is 61.5 Å². The van der Waals surface area contributed by atoms with E-state index < -0.39 is 12.0 Å². The number of esters is 1. The molecule has 0 radical (unpaired) electrons. The van der Waals surface area contributed by atoms with Crippen LogP contribution in [0.1, 0.15) is 37.3 Å². The van der Waals surface area contributed by atoms with E-state index in [0.29, 0.717) is 25.9 Å². The third-order valence-corrected chi connectivity index (χ3v) is 4.25. The van der Waals surface area contributed by atoms with E-state index in [4.69, 9.17) is 9.47 Å². The molecule has 0 aliphatic carbocycles. The highest BCUT2D eigenvalue weighted by molar-refractivity contribution is 5.84. The van der Waals surface area contributed by atoms with Crippen LogP contribution >= 0.6 is 0 Å². The van der Waals surface area contributed by atoms with E-state index in [0.717, 1.165) is 23.3 Å². The fourth-order valence-electron chi connectivity index (χ4n) is 2.84. The number of carbonyl (C=O) groups is 2. The number of nitrogens with one attached hydrogen (secondary N) is 1. The molecular weight excluding hydrogens is 354 g/mol. The van der Waals surface area contributed by atoms with Gasteiger partial charge in [-0.1, -0.05) is 42.5 Å². The van der Waals surface area contributed by atoms with Crippen molar-refractivity contribution in [2.45, 2.75) is 45.6 Å². The summed E-state index contributed by atoms with van der Waals surface area (Å²) in [7, 11) is 0. The summed E-state index contributed by atoms with van der Waals surface area (Å²) in [6.07, 6.45) is 2.23. The summed E-state index contributed by atoms with van der Waals surface area (Å²) in [4.78, 5) is 24.5. The van der Waals surface area contributed by atoms with Crippen molar-refractivity contribution in [3.63, 3.8) is 0 Å². The van der Waals surface area contributed by atoms with Gasteiger partial charge in [0, 0.05) is 12.8 Å². The van der Waals surface area contributed by atoms with E-state index >= 15 is 0 Å². The van der Waals surface area contributed by atoms with Crippen LogP contribution in [0.5, 0.6) is 5.75 Å². The highest BCUT2D eigenvalue weighted by Gasteiger charge is 2.22. The Balaban J connectivity index is 1.75. The molecule has 150 valence electrons. The molecule has 2 rings (SSSR count). The molecule has 5 nitrogen and oxygen atoms in total. The molecule has 0 aromatic heterocycles. The van der Waals surface area contributed by atoms with E-state index in [2.05, 4.69) is 5.32 Å². The Morgan fingerprint density at radius 2 is 1.82 bits per heavy atom. The largest absolute Gasteiger partial charge is 0.494 e. The molecule has 0 saturated heterocycles. The first-order chi connectivity index (χ1) is 13.6. The number of benzene rings is 2. The maximum absolute atomic E-state index is 12.3. The molecule has 0 saturated carbocycles. The number of amides is 1. The highest BCUT2D eigenvalue weighted by atomic mass is 16.5. The number of rotatable bonds is 11. The van der Waals surface area contributed by atoms with Gasteiger partial charge in [0.2, 0.25) is 5.91 Å². The number of hydrogen-bond donors (Lipinski definition) is 1. The zero-order valence-electron chi connectivity index (χ0n) is 16.6. The lowest BCUT2D eigenvalue weighted by Crippen LogP contribution is -2.43. The Morgan fingerprint density at radius 3 is 2.54 bits per heavy atom. The van der Waals surface area contributed by atoms with E-state index in [1.165, 1.54) is 0 Å². The summed E-state index contributed by atoms with van der Waals surface area (Å²) in [6.45, 7) is 4.62. The summed E-state index contributed by atoms with van der Waals surface area (Å²) in [5.74, 6) is 0.293. The van der Waals surface area contributed by atoms with Crippen molar-refractivity contribution in [1.82, 2.24) is 5.32 Å². The van der Waals surface area contributed by atoms with Crippen LogP contribution in [0.4, 0.5) is 0 Å². The molecule has 28 heavy (non-hydrogen) atoms. The minimum atomic E-state index is -0.668. The Kier molecular flexibility index (Phi) is 9.05. The highest BCUT2D eigenvalue weighted by Crippen LogP contribution is 2.13. The lowest BCUT2D eigenvalue weighted by Gasteiger charge is -2.17. The predicted molar refractivity (Wildman–Crippen MR) is 109 cm³/mol. The number of carbonyl (C=O) groups excluding carboxylic acids is 2. The van der Waals surface area contributed by atoms with Crippen molar-refractivity contribution < 1.29 is 19.1 Å². The molecule has 0 aliphatic heterocycles. The van der Waals surface area contributed by atoms with Gasteiger partial charge in [-0.3, -0.25) is 4.79 Å². The summed E-state index contributed by atoms with van der Waals surface area (Å²) in [5, 5.41) is 2.81. The van der Waals surface area contributed by atoms with Crippen molar-refractivity contribution >= 4 is 11.9 Å². The van der Waals surface area contributed by atoms with Crippen molar-refractivity contribution in [2.75, 3.05) is 13.2 Å². The predicted octanol–water partition coefficient (Wildman–Crippen LogP) is 3.83. The Labute approximate surface area is 167 Å². The molecule has 2 aromatic carbocycles. The van der Waals surface area contributed by atoms with Crippen molar-refractivity contribution in [2.24, 2.45) is 0 Å². The fourth-order valence-corrected chi connectivity index (χ4v) is 2.84. The molecule has 0 spiro atoms. The van der Waals surface area contributed by atoms with Crippen LogP contribution in [0.25, 0.3) is 0 Å². The molecule has 1 unspecified atom stereocenters. The van der Waals surface area contributed by atoms with Crippen LogP contribution in [0.3, 0.4) is 0 Å². The van der Waals surface area contributed by atoms with Crippen LogP contribution in [0, 0.1) is 6.92 Å². The minimum absolute atomic E-state index is 0.149. The topological polar surface area (TPSA) is 64.6 Å². The average molecular weight is 383 g/mol. The smallest absolute Gasteiger partial charge is 0.328 e. The lowest BCUT2D eigenvalue weighted by atomic mass is 10.1. The number of aryl methyl sites for hydroxylation is 1. The second-order valence-corrected chi connectivity index (χ2v) is 6.68. The quantitative estimate of drug-likeness (QED) is 0.473. The van der Waals surface area contributed by atoms with E-state index in [9.17, 15) is 9.59 Å². The Hall–Kier alpha value is -2.82. The van der Waals surface area contributed by atoms with Gasteiger partial charge in [-0.25, -0.2) is 4.79 Å². The van der Waals surface area contributed by atoms with Gasteiger partial charge in [-0.15, -0.1) is 0 Å². The van der Waals surface area contributed by atoms with Crippen LogP contribution in [0.2, 0.25) is 0 Å². The number of hydrogen-bond acceptors (Lipinski definition) is 4. The summed E-state index contributed by atoms with van der Waals surface area (Å²) >= 11 is 0. The Bertz CT molecular complexity index is 745. The normalized spacial score (nSPS) is 11.5. The molecule has 1 N–H and O–H groups in total. The van der Waals surface area contributed by atoms with Gasteiger partial charge in [-0.05, 0) is 49.9 Å². The molecular formula is C23H29NO4. The molecule has 0 heterocycles. The van der Waals surface area contributed by atoms with Crippen LogP contribution < -0.4 is 10.1 Å². The van der Waals surface area contributed by atoms with Gasteiger partial charge in [0.05, 0.1) is 13.2 Å². The van der Waals surface area contributed by atoms with Gasteiger partial charge in [0.15, 0.2) is 0 Å². The van der Waals surface area contributed by atoms with Gasteiger partial charge in [0.1, 0.15) is 11.8 Å². The molecule has 1 amide bonds.